The molecule has 0 N–H and O–H groups in total. The van der Waals surface area contributed by atoms with Crippen LogP contribution in [-0.4, -0.2) is 20.0 Å². The third kappa shape index (κ3) is 6.24. The van der Waals surface area contributed by atoms with E-state index in [2.05, 4.69) is 44.8 Å². The van der Waals surface area contributed by atoms with Gasteiger partial charge in [0.15, 0.2) is 0 Å². The molecule has 0 aliphatic rings. The molecule has 1 atom stereocenters. The van der Waals surface area contributed by atoms with Crippen LogP contribution in [0.3, 0.4) is 0 Å². The standard InChI is InChI=1S/C7H16S5/c1-2-3-6(10)7(11-4-8)12-5-9/h6-10H,2-5H2,1H3. The van der Waals surface area contributed by atoms with Crippen molar-refractivity contribution in [3.8, 4) is 0 Å². The Labute approximate surface area is 101 Å². The maximum atomic E-state index is 4.56. The van der Waals surface area contributed by atoms with Crippen LogP contribution in [0.25, 0.3) is 0 Å². The second-order valence-corrected chi connectivity index (χ2v) is 7.03. The molecule has 0 aliphatic carbocycles. The van der Waals surface area contributed by atoms with Crippen molar-refractivity contribution in [2.45, 2.75) is 29.6 Å². The summed E-state index contributed by atoms with van der Waals surface area (Å²) in [6.07, 6.45) is 2.38. The molecule has 0 spiro atoms. The maximum absolute atomic E-state index is 4.56. The third-order valence-corrected chi connectivity index (χ3v) is 5.66. The number of hydrogen-bond acceptors (Lipinski definition) is 5. The van der Waals surface area contributed by atoms with Gasteiger partial charge in [0.25, 0.3) is 0 Å². The van der Waals surface area contributed by atoms with E-state index in [0.29, 0.717) is 9.83 Å². The summed E-state index contributed by atoms with van der Waals surface area (Å²) < 4.78 is 0.545. The molecule has 0 amide bonds. The second kappa shape index (κ2) is 9.31. The first-order valence-corrected chi connectivity index (χ1v) is 7.77. The molecule has 0 aliphatic heterocycles. The van der Waals surface area contributed by atoms with Crippen LogP contribution in [0.15, 0.2) is 0 Å². The highest BCUT2D eigenvalue weighted by atomic mass is 32.2. The molecule has 0 aromatic heterocycles. The Balaban J connectivity index is 3.72. The molecule has 74 valence electrons. The SMILES string of the molecule is CCCC(S)C(SCS)SCS. The molecule has 1 unspecified atom stereocenters. The van der Waals surface area contributed by atoms with Crippen molar-refractivity contribution in [1.82, 2.24) is 0 Å². The molecular formula is C7H16S5. The van der Waals surface area contributed by atoms with E-state index < -0.39 is 0 Å². The Bertz CT molecular complexity index is 91.8. The third-order valence-electron chi connectivity index (χ3n) is 1.38. The van der Waals surface area contributed by atoms with E-state index >= 15 is 0 Å². The van der Waals surface area contributed by atoms with E-state index in [9.17, 15) is 0 Å². The smallest absolute Gasteiger partial charge is 0.0634 e. The summed E-state index contributed by atoms with van der Waals surface area (Å²) in [5.74, 6) is 0. The highest BCUT2D eigenvalue weighted by Crippen LogP contribution is 2.32. The van der Waals surface area contributed by atoms with Gasteiger partial charge in [0.05, 0.1) is 4.58 Å². The predicted octanol–water partition coefficient (Wildman–Crippen LogP) is 3.65. The van der Waals surface area contributed by atoms with Gasteiger partial charge in [0, 0.05) is 15.4 Å². The zero-order valence-electron chi connectivity index (χ0n) is 7.14. The topological polar surface area (TPSA) is 0 Å². The number of hydrogen-bond donors (Lipinski definition) is 3. The number of rotatable bonds is 7. The van der Waals surface area contributed by atoms with Crippen molar-refractivity contribution < 1.29 is 0 Å². The van der Waals surface area contributed by atoms with Crippen molar-refractivity contribution in [3.63, 3.8) is 0 Å². The van der Waals surface area contributed by atoms with E-state index in [-0.39, 0.29) is 0 Å². The Morgan fingerprint density at radius 2 is 1.67 bits per heavy atom. The summed E-state index contributed by atoms with van der Waals surface area (Å²) in [6, 6.07) is 0. The molecule has 0 rings (SSSR count). The molecule has 0 nitrogen and oxygen atoms in total. The molecule has 12 heavy (non-hydrogen) atoms. The monoisotopic (exact) mass is 260 g/mol. The second-order valence-electron chi connectivity index (χ2n) is 2.32. The molecule has 0 heterocycles. The molecule has 0 aromatic carbocycles. The quantitative estimate of drug-likeness (QED) is 0.472. The van der Waals surface area contributed by atoms with E-state index in [1.165, 1.54) is 12.8 Å². The van der Waals surface area contributed by atoms with Gasteiger partial charge in [-0.05, 0) is 6.42 Å². The maximum Gasteiger partial charge on any atom is 0.0634 e. The Morgan fingerprint density at radius 1 is 1.17 bits per heavy atom. The van der Waals surface area contributed by atoms with Crippen LogP contribution in [0.5, 0.6) is 0 Å². The van der Waals surface area contributed by atoms with E-state index in [0.717, 1.165) is 10.2 Å². The van der Waals surface area contributed by atoms with Crippen molar-refractivity contribution in [1.29, 1.82) is 0 Å². The summed E-state index contributed by atoms with van der Waals surface area (Å²) in [6.45, 7) is 2.19. The minimum absolute atomic E-state index is 0.476. The Kier molecular flexibility index (Phi) is 10.7. The predicted molar refractivity (Wildman–Crippen MR) is 74.4 cm³/mol. The lowest BCUT2D eigenvalue weighted by atomic mass is 10.3. The fraction of sp³-hybridized carbons (Fsp3) is 1.00. The average molecular weight is 261 g/mol. The summed E-state index contributed by atoms with van der Waals surface area (Å²) in [5.41, 5.74) is 0. The van der Waals surface area contributed by atoms with Crippen LogP contribution in [0, 0.1) is 0 Å². The van der Waals surface area contributed by atoms with Crippen molar-refractivity contribution in [2.24, 2.45) is 0 Å². The van der Waals surface area contributed by atoms with Gasteiger partial charge < -0.3 is 0 Å². The first-order valence-electron chi connectivity index (χ1n) is 3.89. The van der Waals surface area contributed by atoms with Gasteiger partial charge in [-0.1, -0.05) is 13.3 Å². The van der Waals surface area contributed by atoms with Crippen LogP contribution < -0.4 is 0 Å². The van der Waals surface area contributed by atoms with Gasteiger partial charge in [-0.2, -0.15) is 37.9 Å². The van der Waals surface area contributed by atoms with Crippen molar-refractivity contribution >= 4 is 61.4 Å². The van der Waals surface area contributed by atoms with Crippen molar-refractivity contribution in [2.75, 3.05) is 10.2 Å². The first-order chi connectivity index (χ1) is 5.76. The Morgan fingerprint density at radius 3 is 2.00 bits per heavy atom. The van der Waals surface area contributed by atoms with E-state index in [1.807, 2.05) is 23.5 Å². The highest BCUT2D eigenvalue weighted by molar-refractivity contribution is 8.23. The first kappa shape index (κ1) is 13.8. The lowest BCUT2D eigenvalue weighted by Gasteiger charge is -2.20. The van der Waals surface area contributed by atoms with Crippen LogP contribution in [0.4, 0.5) is 0 Å². The van der Waals surface area contributed by atoms with Gasteiger partial charge in [-0.25, -0.2) is 0 Å². The highest BCUT2D eigenvalue weighted by Gasteiger charge is 2.16. The molecule has 0 radical (unpaired) electrons. The van der Waals surface area contributed by atoms with E-state index in [1.54, 1.807) is 0 Å². The van der Waals surface area contributed by atoms with Crippen LogP contribution in [0.1, 0.15) is 19.8 Å². The van der Waals surface area contributed by atoms with Gasteiger partial charge in [0.1, 0.15) is 0 Å². The molecule has 5 heteroatoms. The molecule has 0 fully saturated rings. The fourth-order valence-corrected chi connectivity index (χ4v) is 5.00. The number of thiol groups is 3. The van der Waals surface area contributed by atoms with Gasteiger partial charge in [-0.15, -0.1) is 23.5 Å². The minimum atomic E-state index is 0.476. The van der Waals surface area contributed by atoms with Crippen LogP contribution >= 0.6 is 61.4 Å². The van der Waals surface area contributed by atoms with E-state index in [4.69, 9.17) is 0 Å². The molecular weight excluding hydrogens is 244 g/mol. The zero-order chi connectivity index (χ0) is 9.40. The van der Waals surface area contributed by atoms with Gasteiger partial charge >= 0.3 is 0 Å². The summed E-state index contributed by atoms with van der Waals surface area (Å²) in [7, 11) is 0. The molecule has 0 saturated heterocycles. The largest absolute Gasteiger partial charge is 0.174 e. The van der Waals surface area contributed by atoms with Gasteiger partial charge in [0.2, 0.25) is 0 Å². The van der Waals surface area contributed by atoms with Crippen LogP contribution in [0.2, 0.25) is 0 Å². The van der Waals surface area contributed by atoms with Crippen LogP contribution in [-0.2, 0) is 0 Å². The lowest BCUT2D eigenvalue weighted by molar-refractivity contribution is 0.784. The summed E-state index contributed by atoms with van der Waals surface area (Å²) >= 11 is 16.7. The zero-order valence-corrected chi connectivity index (χ0v) is 11.5. The van der Waals surface area contributed by atoms with Crippen molar-refractivity contribution in [3.05, 3.63) is 0 Å². The molecule has 0 bridgehead atoms. The minimum Gasteiger partial charge on any atom is -0.174 e. The number of thioether (sulfide) groups is 2. The molecule has 0 saturated carbocycles. The summed E-state index contributed by atoms with van der Waals surface area (Å²) in [5, 5.41) is 2.21. The lowest BCUT2D eigenvalue weighted by Crippen LogP contribution is -2.14. The summed E-state index contributed by atoms with van der Waals surface area (Å²) in [4.78, 5) is 0. The Hall–Kier alpha value is 1.75. The molecule has 0 aromatic rings. The normalized spacial score (nSPS) is 13.8. The average Bonchev–Trinajstić information content (AvgIpc) is 2.04. The van der Waals surface area contributed by atoms with Gasteiger partial charge in [-0.3, -0.25) is 0 Å². The fourth-order valence-electron chi connectivity index (χ4n) is 0.849.